The number of rotatable bonds is 5. The topological polar surface area (TPSA) is 97.2 Å². The van der Waals surface area contributed by atoms with E-state index in [1.165, 1.54) is 10.7 Å². The second-order valence-corrected chi connectivity index (χ2v) is 8.60. The van der Waals surface area contributed by atoms with Gasteiger partial charge >= 0.3 is 6.01 Å². The number of halogens is 1. The molecule has 5 rings (SSSR count). The molecule has 2 aromatic heterocycles. The Balaban J connectivity index is 1.55. The minimum atomic E-state index is -0.498. The van der Waals surface area contributed by atoms with Crippen molar-refractivity contribution in [1.29, 1.82) is 0 Å². The van der Waals surface area contributed by atoms with Gasteiger partial charge in [-0.3, -0.25) is 9.48 Å². The van der Waals surface area contributed by atoms with Crippen molar-refractivity contribution < 1.29 is 13.9 Å². The van der Waals surface area contributed by atoms with E-state index >= 15 is 0 Å². The Kier molecular flexibility index (Phi) is 5.74. The van der Waals surface area contributed by atoms with Gasteiger partial charge in [-0.1, -0.05) is 0 Å². The summed E-state index contributed by atoms with van der Waals surface area (Å²) in [5.74, 6) is -0.893. The molecule has 2 aromatic carbocycles. The van der Waals surface area contributed by atoms with Crippen molar-refractivity contribution in [3.05, 3.63) is 48.0 Å². The molecule has 1 aliphatic heterocycles. The second kappa shape index (κ2) is 8.86. The summed E-state index contributed by atoms with van der Waals surface area (Å²) < 4.78 is 21.8. The van der Waals surface area contributed by atoms with Crippen LogP contribution in [0.1, 0.15) is 24.2 Å². The smallest absolute Gasteiger partial charge is 0.317 e. The number of carbonyl (C=O) groups excluding carboxylic acids is 1. The Bertz CT molecular complexity index is 1380. The van der Waals surface area contributed by atoms with Gasteiger partial charge in [0.2, 0.25) is 0 Å². The van der Waals surface area contributed by atoms with Crippen molar-refractivity contribution in [2.24, 2.45) is 7.05 Å². The molecule has 0 bridgehead atoms. The van der Waals surface area contributed by atoms with Crippen molar-refractivity contribution >= 4 is 39.1 Å². The fourth-order valence-corrected chi connectivity index (χ4v) is 4.20. The standard InChI is InChI=1S/C24H26FN7O2/c1-14(2)34-24-27-12-18-20(32-8-6-26-7-9-32)5-4-17(22(18)29-24)23(33)28-16-10-15-13-31(3)30-21(15)19(25)11-16/h4-5,10-14,26H,6-9H2,1-3H3,(H,28,33). The van der Waals surface area contributed by atoms with Crippen LogP contribution >= 0.6 is 0 Å². The van der Waals surface area contributed by atoms with Crippen molar-refractivity contribution in [2.45, 2.75) is 20.0 Å². The lowest BCUT2D eigenvalue weighted by Gasteiger charge is -2.30. The van der Waals surface area contributed by atoms with E-state index in [1.807, 2.05) is 19.9 Å². The third-order valence-corrected chi connectivity index (χ3v) is 5.68. The predicted molar refractivity (Wildman–Crippen MR) is 129 cm³/mol. The molecule has 1 saturated heterocycles. The molecule has 0 saturated carbocycles. The van der Waals surface area contributed by atoms with Crippen molar-refractivity contribution in [2.75, 3.05) is 36.4 Å². The molecule has 1 amide bonds. The highest BCUT2D eigenvalue weighted by molar-refractivity contribution is 6.14. The molecule has 176 valence electrons. The molecule has 2 N–H and O–H groups in total. The van der Waals surface area contributed by atoms with Gasteiger partial charge in [-0.15, -0.1) is 0 Å². The first kappa shape index (κ1) is 22.0. The Morgan fingerprint density at radius 1 is 1.21 bits per heavy atom. The molecule has 0 spiro atoms. The molecule has 0 radical (unpaired) electrons. The van der Waals surface area contributed by atoms with Crippen LogP contribution in [0.4, 0.5) is 15.8 Å². The van der Waals surface area contributed by atoms with Crippen LogP contribution < -0.4 is 20.3 Å². The maximum atomic E-state index is 14.5. The molecule has 10 heteroatoms. The molecule has 9 nitrogen and oxygen atoms in total. The molecule has 1 aliphatic rings. The average Bonchev–Trinajstić information content (AvgIpc) is 3.19. The number of carbonyl (C=O) groups is 1. The number of ether oxygens (including phenoxy) is 1. The van der Waals surface area contributed by atoms with Gasteiger partial charge in [0.05, 0.1) is 17.2 Å². The van der Waals surface area contributed by atoms with E-state index in [9.17, 15) is 9.18 Å². The molecule has 4 aromatic rings. The minimum Gasteiger partial charge on any atom is -0.461 e. The lowest BCUT2D eigenvalue weighted by Crippen LogP contribution is -2.43. The summed E-state index contributed by atoms with van der Waals surface area (Å²) in [5, 5.41) is 11.6. The van der Waals surface area contributed by atoms with E-state index in [4.69, 9.17) is 4.74 Å². The highest BCUT2D eigenvalue weighted by Crippen LogP contribution is 2.30. The first-order valence-corrected chi connectivity index (χ1v) is 11.3. The van der Waals surface area contributed by atoms with E-state index in [0.717, 1.165) is 37.3 Å². The summed E-state index contributed by atoms with van der Waals surface area (Å²) >= 11 is 0. The van der Waals surface area contributed by atoms with E-state index < -0.39 is 11.7 Å². The zero-order chi connectivity index (χ0) is 23.8. The number of nitrogens with one attached hydrogen (secondary N) is 2. The molecule has 1 fully saturated rings. The fourth-order valence-electron chi connectivity index (χ4n) is 4.20. The normalized spacial score (nSPS) is 14.2. The number of piperazine rings is 1. The summed E-state index contributed by atoms with van der Waals surface area (Å²) in [6.45, 7) is 7.22. The number of hydrogen-bond donors (Lipinski definition) is 2. The van der Waals surface area contributed by atoms with Crippen molar-refractivity contribution in [3.63, 3.8) is 0 Å². The molecule has 0 unspecified atom stereocenters. The van der Waals surface area contributed by atoms with E-state index in [-0.39, 0.29) is 17.6 Å². The summed E-state index contributed by atoms with van der Waals surface area (Å²) in [6, 6.07) is 6.84. The van der Waals surface area contributed by atoms with Crippen LogP contribution in [0.5, 0.6) is 6.01 Å². The number of aromatic nitrogens is 4. The quantitative estimate of drug-likeness (QED) is 0.469. The summed E-state index contributed by atoms with van der Waals surface area (Å²) in [7, 11) is 1.72. The summed E-state index contributed by atoms with van der Waals surface area (Å²) in [4.78, 5) is 24.5. The van der Waals surface area contributed by atoms with Crippen molar-refractivity contribution in [3.8, 4) is 6.01 Å². The Labute approximate surface area is 195 Å². The molecule has 0 atom stereocenters. The predicted octanol–water partition coefficient (Wildman–Crippen LogP) is 3.10. The zero-order valence-corrected chi connectivity index (χ0v) is 19.3. The number of benzene rings is 2. The number of nitrogens with zero attached hydrogens (tertiary/aromatic N) is 5. The van der Waals surface area contributed by atoms with Crippen LogP contribution in [0.15, 0.2) is 36.7 Å². The number of fused-ring (bicyclic) bond motifs is 2. The number of aryl methyl sites for hydroxylation is 1. The molecular formula is C24H26FN7O2. The third-order valence-electron chi connectivity index (χ3n) is 5.68. The number of hydrogen-bond acceptors (Lipinski definition) is 7. The van der Waals surface area contributed by atoms with E-state index in [0.29, 0.717) is 22.2 Å². The highest BCUT2D eigenvalue weighted by Gasteiger charge is 2.20. The molecule has 3 heterocycles. The highest BCUT2D eigenvalue weighted by atomic mass is 19.1. The van der Waals surface area contributed by atoms with Crippen LogP contribution in [0, 0.1) is 5.82 Å². The Hall–Kier alpha value is -3.79. The lowest BCUT2D eigenvalue weighted by atomic mass is 10.1. The van der Waals surface area contributed by atoms with Gasteiger partial charge in [0.25, 0.3) is 5.91 Å². The van der Waals surface area contributed by atoms with Crippen LogP contribution in [0.3, 0.4) is 0 Å². The van der Waals surface area contributed by atoms with Crippen LogP contribution in [0.2, 0.25) is 0 Å². The van der Waals surface area contributed by atoms with Gasteiger partial charge in [0.15, 0.2) is 5.82 Å². The summed E-state index contributed by atoms with van der Waals surface area (Å²) in [6.07, 6.45) is 3.30. The molecule has 34 heavy (non-hydrogen) atoms. The zero-order valence-electron chi connectivity index (χ0n) is 19.3. The molecular weight excluding hydrogens is 437 g/mol. The summed E-state index contributed by atoms with van der Waals surface area (Å²) in [5.41, 5.74) is 2.41. The number of anilines is 2. The SMILES string of the molecule is CC(C)Oc1ncc2c(N3CCNCC3)ccc(C(=O)Nc3cc(F)c4nn(C)cc4c3)c2n1. The molecule has 0 aliphatic carbocycles. The first-order chi connectivity index (χ1) is 16.4. The van der Waals surface area contributed by atoms with Gasteiger partial charge in [-0.2, -0.15) is 10.1 Å². The van der Waals surface area contributed by atoms with Crippen LogP contribution in [-0.2, 0) is 7.05 Å². The minimum absolute atomic E-state index is 0.111. The average molecular weight is 464 g/mol. The van der Waals surface area contributed by atoms with Gasteiger partial charge < -0.3 is 20.3 Å². The maximum absolute atomic E-state index is 14.5. The van der Waals surface area contributed by atoms with Gasteiger partial charge in [-0.05, 0) is 38.1 Å². The van der Waals surface area contributed by atoms with Gasteiger partial charge in [0, 0.05) is 67.8 Å². The van der Waals surface area contributed by atoms with Crippen LogP contribution in [-0.4, -0.2) is 57.9 Å². The van der Waals surface area contributed by atoms with Crippen LogP contribution in [0.25, 0.3) is 21.8 Å². The van der Waals surface area contributed by atoms with E-state index in [2.05, 4.69) is 30.6 Å². The van der Waals surface area contributed by atoms with Gasteiger partial charge in [0.1, 0.15) is 5.52 Å². The first-order valence-electron chi connectivity index (χ1n) is 11.3. The Morgan fingerprint density at radius 2 is 2.00 bits per heavy atom. The second-order valence-electron chi connectivity index (χ2n) is 8.60. The monoisotopic (exact) mass is 463 g/mol. The van der Waals surface area contributed by atoms with E-state index in [1.54, 1.807) is 31.6 Å². The number of amides is 1. The largest absolute Gasteiger partial charge is 0.461 e. The third kappa shape index (κ3) is 4.24. The van der Waals surface area contributed by atoms with Crippen molar-refractivity contribution in [1.82, 2.24) is 25.1 Å². The Morgan fingerprint density at radius 3 is 2.76 bits per heavy atom. The van der Waals surface area contributed by atoms with Gasteiger partial charge in [-0.25, -0.2) is 9.37 Å². The maximum Gasteiger partial charge on any atom is 0.317 e. The lowest BCUT2D eigenvalue weighted by molar-refractivity contribution is 0.102. The fraction of sp³-hybridized carbons (Fsp3) is 0.333.